The van der Waals surface area contributed by atoms with Crippen molar-refractivity contribution in [2.24, 2.45) is 5.73 Å². The summed E-state index contributed by atoms with van der Waals surface area (Å²) >= 11 is 0. The molecule has 5 nitrogen and oxygen atoms in total. The lowest BCUT2D eigenvalue weighted by Gasteiger charge is -2.21. The van der Waals surface area contributed by atoms with Crippen LogP contribution in [0.25, 0.3) is 0 Å². The van der Waals surface area contributed by atoms with Gasteiger partial charge in [-0.15, -0.1) is 0 Å². The van der Waals surface area contributed by atoms with Crippen LogP contribution in [0.2, 0.25) is 0 Å². The Balaban J connectivity index is 3.18. The molecule has 1 aromatic rings. The Labute approximate surface area is 113 Å². The molecule has 1 aromatic carbocycles. The molecule has 0 aliphatic carbocycles. The second-order valence-electron chi connectivity index (χ2n) is 4.51. The van der Waals surface area contributed by atoms with Crippen molar-refractivity contribution in [3.63, 3.8) is 0 Å². The fourth-order valence-corrected chi connectivity index (χ4v) is 2.23. The van der Waals surface area contributed by atoms with Gasteiger partial charge in [0.15, 0.2) is 0 Å². The maximum atomic E-state index is 10.6. The standard InChI is InChI=1S/C14H21NO4/c1-8-7-11(18-3)9(2)14(19-4)13(8)10(15)5-6-12(16)17/h7,10H,5-6,15H2,1-4H3,(H,16,17). The Morgan fingerprint density at radius 3 is 2.47 bits per heavy atom. The van der Waals surface area contributed by atoms with E-state index in [2.05, 4.69) is 0 Å². The number of ether oxygens (including phenoxy) is 2. The number of methoxy groups -OCH3 is 2. The molecular formula is C14H21NO4. The molecule has 1 rings (SSSR count). The fraction of sp³-hybridized carbons (Fsp3) is 0.500. The largest absolute Gasteiger partial charge is 0.496 e. The summed E-state index contributed by atoms with van der Waals surface area (Å²) in [6, 6.07) is 1.53. The summed E-state index contributed by atoms with van der Waals surface area (Å²) in [6.45, 7) is 3.81. The van der Waals surface area contributed by atoms with Crippen molar-refractivity contribution >= 4 is 5.97 Å². The van der Waals surface area contributed by atoms with Crippen LogP contribution in [0.15, 0.2) is 6.07 Å². The zero-order valence-electron chi connectivity index (χ0n) is 11.8. The second-order valence-corrected chi connectivity index (χ2v) is 4.51. The molecule has 19 heavy (non-hydrogen) atoms. The number of benzene rings is 1. The average Bonchev–Trinajstić information content (AvgIpc) is 2.37. The topological polar surface area (TPSA) is 81.8 Å². The summed E-state index contributed by atoms with van der Waals surface area (Å²) in [6.07, 6.45) is 0.410. The van der Waals surface area contributed by atoms with Gasteiger partial charge < -0.3 is 20.3 Å². The highest BCUT2D eigenvalue weighted by molar-refractivity contribution is 5.66. The van der Waals surface area contributed by atoms with E-state index in [0.717, 1.165) is 22.4 Å². The number of rotatable bonds is 6. The van der Waals surface area contributed by atoms with Crippen LogP contribution in [0.1, 0.15) is 35.6 Å². The predicted molar refractivity (Wildman–Crippen MR) is 72.8 cm³/mol. The van der Waals surface area contributed by atoms with Gasteiger partial charge in [-0.1, -0.05) is 0 Å². The Hall–Kier alpha value is -1.75. The van der Waals surface area contributed by atoms with Crippen LogP contribution >= 0.6 is 0 Å². The number of carbonyl (C=O) groups is 1. The third-order valence-corrected chi connectivity index (χ3v) is 3.19. The van der Waals surface area contributed by atoms with Crippen molar-refractivity contribution in [2.75, 3.05) is 14.2 Å². The van der Waals surface area contributed by atoms with Crippen molar-refractivity contribution in [3.05, 3.63) is 22.8 Å². The van der Waals surface area contributed by atoms with Gasteiger partial charge in [0, 0.05) is 23.6 Å². The number of hydrogen-bond donors (Lipinski definition) is 2. The van der Waals surface area contributed by atoms with E-state index < -0.39 is 5.97 Å². The molecule has 0 bridgehead atoms. The molecule has 3 N–H and O–H groups in total. The number of carboxylic acids is 1. The van der Waals surface area contributed by atoms with Crippen LogP contribution in [-0.4, -0.2) is 25.3 Å². The molecule has 0 spiro atoms. The Morgan fingerprint density at radius 2 is 2.00 bits per heavy atom. The third-order valence-electron chi connectivity index (χ3n) is 3.19. The molecule has 1 atom stereocenters. The highest BCUT2D eigenvalue weighted by atomic mass is 16.5. The minimum Gasteiger partial charge on any atom is -0.496 e. The number of carboxylic acid groups (broad SMARTS) is 1. The lowest BCUT2D eigenvalue weighted by molar-refractivity contribution is -0.137. The smallest absolute Gasteiger partial charge is 0.303 e. The lowest BCUT2D eigenvalue weighted by Crippen LogP contribution is -2.15. The maximum Gasteiger partial charge on any atom is 0.303 e. The first-order valence-electron chi connectivity index (χ1n) is 6.11. The Kier molecular flexibility index (Phi) is 5.18. The monoisotopic (exact) mass is 267 g/mol. The van der Waals surface area contributed by atoms with Crippen molar-refractivity contribution in [1.82, 2.24) is 0 Å². The van der Waals surface area contributed by atoms with E-state index in [4.69, 9.17) is 20.3 Å². The molecule has 0 saturated carbocycles. The Bertz CT molecular complexity index is 471. The SMILES string of the molecule is COc1cc(C)c(C(N)CCC(=O)O)c(OC)c1C. The molecule has 106 valence electrons. The van der Waals surface area contributed by atoms with E-state index in [1.807, 2.05) is 19.9 Å². The van der Waals surface area contributed by atoms with E-state index in [1.54, 1.807) is 14.2 Å². The normalized spacial score (nSPS) is 12.1. The van der Waals surface area contributed by atoms with Gasteiger partial charge in [0.1, 0.15) is 11.5 Å². The zero-order valence-corrected chi connectivity index (χ0v) is 11.8. The number of nitrogens with two attached hydrogens (primary N) is 1. The third kappa shape index (κ3) is 3.38. The first-order valence-corrected chi connectivity index (χ1v) is 6.11. The van der Waals surface area contributed by atoms with Crippen LogP contribution in [-0.2, 0) is 4.79 Å². The van der Waals surface area contributed by atoms with Crippen LogP contribution in [0.3, 0.4) is 0 Å². The summed E-state index contributed by atoms with van der Waals surface area (Å²) in [5.74, 6) is 0.565. The van der Waals surface area contributed by atoms with E-state index >= 15 is 0 Å². The van der Waals surface area contributed by atoms with Gasteiger partial charge in [-0.3, -0.25) is 4.79 Å². The van der Waals surface area contributed by atoms with Crippen molar-refractivity contribution in [3.8, 4) is 11.5 Å². The van der Waals surface area contributed by atoms with Gasteiger partial charge in [-0.2, -0.15) is 0 Å². The predicted octanol–water partition coefficient (Wildman–Crippen LogP) is 2.19. The average molecular weight is 267 g/mol. The van der Waals surface area contributed by atoms with E-state index in [9.17, 15) is 4.79 Å². The summed E-state index contributed by atoms with van der Waals surface area (Å²) < 4.78 is 10.7. The lowest BCUT2D eigenvalue weighted by atomic mass is 9.94. The molecule has 5 heteroatoms. The van der Waals surface area contributed by atoms with Gasteiger partial charge >= 0.3 is 5.97 Å². The number of aryl methyl sites for hydroxylation is 1. The summed E-state index contributed by atoms with van der Waals surface area (Å²) in [7, 11) is 3.18. The highest BCUT2D eigenvalue weighted by Crippen LogP contribution is 2.38. The highest BCUT2D eigenvalue weighted by Gasteiger charge is 2.20. The Morgan fingerprint density at radius 1 is 1.37 bits per heavy atom. The fourth-order valence-electron chi connectivity index (χ4n) is 2.23. The molecule has 0 aliphatic heterocycles. The molecule has 0 radical (unpaired) electrons. The quantitative estimate of drug-likeness (QED) is 0.825. The van der Waals surface area contributed by atoms with Gasteiger partial charge in [-0.05, 0) is 31.9 Å². The summed E-state index contributed by atoms with van der Waals surface area (Å²) in [5.41, 5.74) is 8.76. The number of hydrogen-bond acceptors (Lipinski definition) is 4. The molecule has 0 saturated heterocycles. The van der Waals surface area contributed by atoms with Crippen LogP contribution < -0.4 is 15.2 Å². The van der Waals surface area contributed by atoms with Crippen molar-refractivity contribution in [1.29, 1.82) is 0 Å². The minimum absolute atomic E-state index is 0.0365. The van der Waals surface area contributed by atoms with Crippen molar-refractivity contribution in [2.45, 2.75) is 32.7 Å². The van der Waals surface area contributed by atoms with E-state index in [1.165, 1.54) is 0 Å². The van der Waals surface area contributed by atoms with Gasteiger partial charge in [0.25, 0.3) is 0 Å². The van der Waals surface area contributed by atoms with Gasteiger partial charge in [0.2, 0.25) is 0 Å². The zero-order chi connectivity index (χ0) is 14.6. The molecular weight excluding hydrogens is 246 g/mol. The van der Waals surface area contributed by atoms with Gasteiger partial charge in [-0.25, -0.2) is 0 Å². The minimum atomic E-state index is -0.850. The molecule has 1 unspecified atom stereocenters. The number of aliphatic carboxylic acids is 1. The second kappa shape index (κ2) is 6.43. The first kappa shape index (κ1) is 15.3. The maximum absolute atomic E-state index is 10.6. The van der Waals surface area contributed by atoms with E-state index in [-0.39, 0.29) is 12.5 Å². The van der Waals surface area contributed by atoms with Crippen molar-refractivity contribution < 1.29 is 19.4 Å². The molecule has 0 aliphatic rings. The molecule has 0 fully saturated rings. The molecule has 0 heterocycles. The first-order chi connectivity index (χ1) is 8.92. The molecule has 0 aromatic heterocycles. The van der Waals surface area contributed by atoms with E-state index in [0.29, 0.717) is 12.2 Å². The summed E-state index contributed by atoms with van der Waals surface area (Å²) in [5, 5.41) is 8.74. The van der Waals surface area contributed by atoms with Crippen LogP contribution in [0.4, 0.5) is 0 Å². The summed E-state index contributed by atoms with van der Waals surface area (Å²) in [4.78, 5) is 10.6. The van der Waals surface area contributed by atoms with Crippen LogP contribution in [0, 0.1) is 13.8 Å². The molecule has 0 amide bonds. The van der Waals surface area contributed by atoms with Crippen LogP contribution in [0.5, 0.6) is 11.5 Å². The van der Waals surface area contributed by atoms with Gasteiger partial charge in [0.05, 0.1) is 14.2 Å².